The van der Waals surface area contributed by atoms with Crippen molar-refractivity contribution in [1.29, 1.82) is 0 Å². The highest BCUT2D eigenvalue weighted by Gasteiger charge is 2.38. The highest BCUT2D eigenvalue weighted by Crippen LogP contribution is 2.50. The Bertz CT molecular complexity index is 244. The maximum absolute atomic E-state index is 2.63. The van der Waals surface area contributed by atoms with Gasteiger partial charge in [0.15, 0.2) is 0 Å². The largest absolute Gasteiger partial charge is 0.0654 e. The minimum atomic E-state index is 0.731. The fourth-order valence-electron chi connectivity index (χ4n) is 4.66. The molecule has 0 heterocycles. The number of rotatable bonds is 5. The van der Waals surface area contributed by atoms with Gasteiger partial charge in [0, 0.05) is 10.2 Å². The summed E-state index contributed by atoms with van der Waals surface area (Å²) in [6, 6.07) is 0. The Morgan fingerprint density at radius 3 is 2.16 bits per heavy atom. The van der Waals surface area contributed by atoms with Crippen LogP contribution in [0.2, 0.25) is 5.54 Å². The molecule has 2 aliphatic rings. The van der Waals surface area contributed by atoms with Crippen LogP contribution in [0, 0.1) is 17.3 Å². The second-order valence-electron chi connectivity index (χ2n) is 8.05. The first-order chi connectivity index (χ1) is 9.14. The van der Waals surface area contributed by atoms with E-state index in [1.54, 1.807) is 51.4 Å². The molecule has 0 aromatic carbocycles. The van der Waals surface area contributed by atoms with Gasteiger partial charge in [-0.15, -0.1) is 0 Å². The molecule has 0 amide bonds. The van der Waals surface area contributed by atoms with Crippen LogP contribution in [0.15, 0.2) is 0 Å². The van der Waals surface area contributed by atoms with Crippen molar-refractivity contribution in [3.8, 4) is 0 Å². The third-order valence-corrected chi connectivity index (χ3v) is 7.62. The summed E-state index contributed by atoms with van der Waals surface area (Å²) in [5.74, 6) is 2.16. The predicted molar refractivity (Wildman–Crippen MR) is 89.9 cm³/mol. The van der Waals surface area contributed by atoms with E-state index in [0.717, 1.165) is 22.8 Å². The maximum atomic E-state index is 2.63. The van der Waals surface area contributed by atoms with Crippen molar-refractivity contribution in [1.82, 2.24) is 0 Å². The summed E-state index contributed by atoms with van der Waals surface area (Å²) >= 11 is 0. The van der Waals surface area contributed by atoms with E-state index in [-0.39, 0.29) is 0 Å². The van der Waals surface area contributed by atoms with E-state index in [2.05, 4.69) is 13.8 Å². The summed E-state index contributed by atoms with van der Waals surface area (Å²) in [6.07, 6.45) is 18.3. The van der Waals surface area contributed by atoms with Crippen LogP contribution in [-0.4, -0.2) is 10.2 Å². The molecule has 0 N–H and O–H groups in total. The number of unbranched alkanes of at least 4 members (excludes halogenated alkanes) is 2. The molecule has 2 saturated carbocycles. The summed E-state index contributed by atoms with van der Waals surface area (Å²) in [4.78, 5) is 0. The Labute approximate surface area is 124 Å². The smallest absolute Gasteiger partial charge is 0.00673 e. The van der Waals surface area contributed by atoms with Crippen molar-refractivity contribution in [2.45, 2.75) is 96.4 Å². The molecule has 2 aliphatic carbocycles. The highest BCUT2D eigenvalue weighted by atomic mass is 28.1. The molecule has 2 fully saturated rings. The molecule has 0 saturated heterocycles. The SMILES string of the molecule is CCCCCC1CCC(C2(C)CCC([SiH3])CC2)CC1. The Hall–Kier alpha value is 0.217. The van der Waals surface area contributed by atoms with Gasteiger partial charge in [0.1, 0.15) is 0 Å². The van der Waals surface area contributed by atoms with E-state index >= 15 is 0 Å². The van der Waals surface area contributed by atoms with Crippen molar-refractivity contribution in [3.05, 3.63) is 0 Å². The van der Waals surface area contributed by atoms with Crippen LogP contribution >= 0.6 is 0 Å². The van der Waals surface area contributed by atoms with E-state index in [1.807, 2.05) is 0 Å². The lowest BCUT2D eigenvalue weighted by atomic mass is 9.61. The van der Waals surface area contributed by atoms with Crippen LogP contribution in [0.4, 0.5) is 0 Å². The molecule has 0 aromatic heterocycles. The first kappa shape index (κ1) is 15.6. The van der Waals surface area contributed by atoms with E-state index in [0.29, 0.717) is 0 Å². The predicted octanol–water partition coefficient (Wildman–Crippen LogP) is 5.11. The van der Waals surface area contributed by atoms with Gasteiger partial charge in [-0.25, -0.2) is 0 Å². The molecule has 0 spiro atoms. The minimum absolute atomic E-state index is 0.731. The molecule has 112 valence electrons. The molecule has 19 heavy (non-hydrogen) atoms. The first-order valence-electron chi connectivity index (χ1n) is 9.14. The lowest BCUT2D eigenvalue weighted by Gasteiger charge is -2.45. The lowest BCUT2D eigenvalue weighted by Crippen LogP contribution is -2.34. The Morgan fingerprint density at radius 2 is 1.58 bits per heavy atom. The Balaban J connectivity index is 1.73. The van der Waals surface area contributed by atoms with E-state index < -0.39 is 0 Å². The number of hydrogen-bond acceptors (Lipinski definition) is 0. The Morgan fingerprint density at radius 1 is 0.947 bits per heavy atom. The second-order valence-corrected chi connectivity index (χ2v) is 9.68. The van der Waals surface area contributed by atoms with Gasteiger partial charge in [0.2, 0.25) is 0 Å². The van der Waals surface area contributed by atoms with Gasteiger partial charge in [0.25, 0.3) is 0 Å². The second kappa shape index (κ2) is 7.29. The molecule has 0 unspecified atom stereocenters. The third kappa shape index (κ3) is 4.34. The van der Waals surface area contributed by atoms with Gasteiger partial charge in [-0.1, -0.05) is 70.8 Å². The molecule has 0 aromatic rings. The van der Waals surface area contributed by atoms with Gasteiger partial charge in [-0.3, -0.25) is 0 Å². The zero-order valence-corrected chi connectivity index (χ0v) is 15.7. The van der Waals surface area contributed by atoms with E-state index in [4.69, 9.17) is 0 Å². The van der Waals surface area contributed by atoms with Crippen molar-refractivity contribution >= 4 is 10.2 Å². The minimum Gasteiger partial charge on any atom is -0.0654 e. The van der Waals surface area contributed by atoms with Gasteiger partial charge >= 0.3 is 0 Å². The number of hydrogen-bond donors (Lipinski definition) is 0. The standard InChI is InChI=1S/C18H36Si/c1-3-4-5-6-15-7-9-16(10-8-15)18(2)13-11-17(19)12-14-18/h15-17H,3-14H2,1-2,19H3. The van der Waals surface area contributed by atoms with Crippen LogP contribution in [0.5, 0.6) is 0 Å². The van der Waals surface area contributed by atoms with Crippen molar-refractivity contribution < 1.29 is 0 Å². The molecule has 0 aliphatic heterocycles. The zero-order chi connectivity index (χ0) is 13.7. The maximum Gasteiger partial charge on any atom is 0.00673 e. The van der Waals surface area contributed by atoms with Crippen molar-refractivity contribution in [3.63, 3.8) is 0 Å². The summed E-state index contributed by atoms with van der Waals surface area (Å²) in [5, 5.41) is 0. The van der Waals surface area contributed by atoms with Gasteiger partial charge in [-0.05, 0) is 42.9 Å². The molecule has 0 nitrogen and oxygen atoms in total. The molecule has 0 atom stereocenters. The molecule has 0 radical (unpaired) electrons. The van der Waals surface area contributed by atoms with Crippen LogP contribution in [0.3, 0.4) is 0 Å². The van der Waals surface area contributed by atoms with Crippen molar-refractivity contribution in [2.24, 2.45) is 17.3 Å². The monoisotopic (exact) mass is 280 g/mol. The van der Waals surface area contributed by atoms with E-state index in [1.165, 1.54) is 35.9 Å². The fraction of sp³-hybridized carbons (Fsp3) is 1.00. The van der Waals surface area contributed by atoms with Gasteiger partial charge in [0.05, 0.1) is 0 Å². The summed E-state index contributed by atoms with van der Waals surface area (Å²) in [6.45, 7) is 4.95. The Kier molecular flexibility index (Phi) is 5.99. The summed E-state index contributed by atoms with van der Waals surface area (Å²) in [7, 11) is 1.44. The summed E-state index contributed by atoms with van der Waals surface area (Å²) in [5.41, 5.74) is 1.87. The summed E-state index contributed by atoms with van der Waals surface area (Å²) < 4.78 is 0. The van der Waals surface area contributed by atoms with Crippen LogP contribution in [-0.2, 0) is 0 Å². The average Bonchev–Trinajstić information content (AvgIpc) is 2.43. The zero-order valence-electron chi connectivity index (χ0n) is 13.7. The molecule has 1 heteroatoms. The average molecular weight is 281 g/mol. The molecular formula is C18H36Si. The van der Waals surface area contributed by atoms with Crippen LogP contribution in [0.1, 0.15) is 90.9 Å². The quantitative estimate of drug-likeness (QED) is 0.485. The normalized spacial score (nSPS) is 40.4. The first-order valence-corrected chi connectivity index (χ1v) is 10.3. The fourth-order valence-corrected chi connectivity index (χ4v) is 5.24. The third-order valence-electron chi connectivity index (χ3n) is 6.46. The molecule has 0 bridgehead atoms. The topological polar surface area (TPSA) is 0 Å². The van der Waals surface area contributed by atoms with Crippen LogP contribution < -0.4 is 0 Å². The van der Waals surface area contributed by atoms with Gasteiger partial charge in [-0.2, -0.15) is 0 Å². The van der Waals surface area contributed by atoms with Crippen LogP contribution in [0.25, 0.3) is 0 Å². The van der Waals surface area contributed by atoms with E-state index in [9.17, 15) is 0 Å². The molecular weight excluding hydrogens is 244 g/mol. The highest BCUT2D eigenvalue weighted by molar-refractivity contribution is 6.11. The molecule has 2 rings (SSSR count). The van der Waals surface area contributed by atoms with Crippen molar-refractivity contribution in [2.75, 3.05) is 0 Å². The lowest BCUT2D eigenvalue weighted by molar-refractivity contribution is 0.0719. The van der Waals surface area contributed by atoms with Gasteiger partial charge < -0.3 is 0 Å².